The molecule has 0 aliphatic rings. The summed E-state index contributed by atoms with van der Waals surface area (Å²) in [7, 11) is 0. The number of amides is 2. The van der Waals surface area contributed by atoms with Gasteiger partial charge in [-0.2, -0.15) is 0 Å². The summed E-state index contributed by atoms with van der Waals surface area (Å²) in [6, 6.07) is -1.26. The van der Waals surface area contributed by atoms with Gasteiger partial charge in [0, 0.05) is 24.5 Å². The van der Waals surface area contributed by atoms with E-state index in [-0.39, 0.29) is 0 Å². The van der Waals surface area contributed by atoms with Crippen molar-refractivity contribution in [1.82, 2.24) is 15.6 Å². The summed E-state index contributed by atoms with van der Waals surface area (Å²) in [6.07, 6.45) is 4.49. The first kappa shape index (κ1) is 15.4. The summed E-state index contributed by atoms with van der Waals surface area (Å²) >= 11 is 1.53. The van der Waals surface area contributed by atoms with Crippen LogP contribution in [0.1, 0.15) is 31.2 Å². The average molecular weight is 285 g/mol. The Bertz CT molecular complexity index is 395. The Morgan fingerprint density at radius 3 is 2.89 bits per heavy atom. The molecule has 0 aliphatic heterocycles. The second-order valence-electron chi connectivity index (χ2n) is 4.11. The Balaban J connectivity index is 2.25. The summed E-state index contributed by atoms with van der Waals surface area (Å²) in [4.78, 5) is 26.6. The molecular formula is C12H19N3O3S. The number of hydrogen-bond acceptors (Lipinski definition) is 4. The normalized spacial score (nSPS) is 11.8. The van der Waals surface area contributed by atoms with Crippen molar-refractivity contribution in [3.8, 4) is 0 Å². The zero-order valence-electron chi connectivity index (χ0n) is 10.9. The number of carboxylic acid groups (broad SMARTS) is 1. The van der Waals surface area contributed by atoms with Crippen LogP contribution in [0.5, 0.6) is 0 Å². The third-order valence-corrected chi connectivity index (χ3v) is 3.40. The molecule has 1 atom stereocenters. The molecule has 0 aliphatic carbocycles. The minimum Gasteiger partial charge on any atom is -0.480 e. The molecular weight excluding hydrogens is 266 g/mol. The van der Waals surface area contributed by atoms with E-state index in [1.165, 1.54) is 11.3 Å². The second kappa shape index (κ2) is 8.47. The Morgan fingerprint density at radius 1 is 1.53 bits per heavy atom. The highest BCUT2D eigenvalue weighted by molar-refractivity contribution is 7.09. The molecule has 0 radical (unpaired) electrons. The maximum atomic E-state index is 11.5. The molecule has 0 bridgehead atoms. The van der Waals surface area contributed by atoms with Crippen molar-refractivity contribution in [1.29, 1.82) is 0 Å². The van der Waals surface area contributed by atoms with Gasteiger partial charge in [-0.15, -0.1) is 11.3 Å². The smallest absolute Gasteiger partial charge is 0.326 e. The summed E-state index contributed by atoms with van der Waals surface area (Å²) in [5.41, 5.74) is 0. The molecule has 3 N–H and O–H groups in total. The number of nitrogens with zero attached hydrogens (tertiary/aromatic N) is 1. The minimum absolute atomic E-state index is 0.444. The fourth-order valence-electron chi connectivity index (χ4n) is 1.53. The van der Waals surface area contributed by atoms with Gasteiger partial charge in [-0.3, -0.25) is 0 Å². The van der Waals surface area contributed by atoms with Gasteiger partial charge in [-0.25, -0.2) is 14.6 Å². The molecule has 0 spiro atoms. The van der Waals surface area contributed by atoms with E-state index in [1.807, 2.05) is 12.3 Å². The van der Waals surface area contributed by atoms with Gasteiger partial charge in [-0.1, -0.05) is 19.8 Å². The van der Waals surface area contributed by atoms with Crippen LogP contribution in [0.3, 0.4) is 0 Å². The van der Waals surface area contributed by atoms with E-state index < -0.39 is 18.0 Å². The van der Waals surface area contributed by atoms with Crippen LogP contribution in [0.4, 0.5) is 4.79 Å². The molecule has 0 saturated heterocycles. The van der Waals surface area contributed by atoms with Crippen LogP contribution in [0, 0.1) is 0 Å². The first-order chi connectivity index (χ1) is 9.13. The van der Waals surface area contributed by atoms with Crippen LogP contribution in [0.2, 0.25) is 0 Å². The van der Waals surface area contributed by atoms with Crippen molar-refractivity contribution in [3.05, 3.63) is 16.6 Å². The molecule has 2 amide bonds. The van der Waals surface area contributed by atoms with E-state index >= 15 is 0 Å². The summed E-state index contributed by atoms with van der Waals surface area (Å²) < 4.78 is 0. The number of rotatable bonds is 8. The minimum atomic E-state index is -0.997. The van der Waals surface area contributed by atoms with Crippen molar-refractivity contribution < 1.29 is 14.7 Å². The lowest BCUT2D eigenvalue weighted by Crippen LogP contribution is -2.46. The summed E-state index contributed by atoms with van der Waals surface area (Å²) in [5.74, 6) is -0.997. The standard InChI is InChI=1S/C12H19N3O3S/c1-2-3-4-9(11(16)17)15-12(18)14-6-5-10-13-7-8-19-10/h7-9H,2-6H2,1H3,(H,16,17)(H2,14,15,18)/t9-/m0/s1. The molecule has 0 unspecified atom stereocenters. The zero-order valence-corrected chi connectivity index (χ0v) is 11.7. The maximum absolute atomic E-state index is 11.5. The van der Waals surface area contributed by atoms with Crippen molar-refractivity contribution >= 4 is 23.3 Å². The number of aliphatic carboxylic acids is 1. The molecule has 1 aromatic heterocycles. The van der Waals surface area contributed by atoms with E-state index in [4.69, 9.17) is 5.11 Å². The van der Waals surface area contributed by atoms with Gasteiger partial charge < -0.3 is 15.7 Å². The number of carboxylic acids is 1. The van der Waals surface area contributed by atoms with E-state index in [9.17, 15) is 9.59 Å². The SMILES string of the molecule is CCCC[C@H](NC(=O)NCCc1nccs1)C(=O)O. The Kier molecular flexibility index (Phi) is 6.88. The lowest BCUT2D eigenvalue weighted by atomic mass is 10.1. The van der Waals surface area contributed by atoms with Crippen molar-refractivity contribution in [2.24, 2.45) is 0 Å². The molecule has 7 heteroatoms. The number of carbonyl (C=O) groups is 2. The molecule has 19 heavy (non-hydrogen) atoms. The lowest BCUT2D eigenvalue weighted by Gasteiger charge is -2.14. The monoisotopic (exact) mass is 285 g/mol. The molecule has 1 aromatic rings. The number of carbonyl (C=O) groups excluding carboxylic acids is 1. The second-order valence-corrected chi connectivity index (χ2v) is 5.09. The van der Waals surface area contributed by atoms with Crippen molar-refractivity contribution in [2.75, 3.05) is 6.54 Å². The molecule has 106 valence electrons. The molecule has 0 saturated carbocycles. The van der Waals surface area contributed by atoms with Gasteiger partial charge in [0.15, 0.2) is 0 Å². The molecule has 6 nitrogen and oxygen atoms in total. The average Bonchev–Trinajstić information content (AvgIpc) is 2.87. The Morgan fingerprint density at radius 2 is 2.32 bits per heavy atom. The Hall–Kier alpha value is -1.63. The number of nitrogens with one attached hydrogen (secondary N) is 2. The van der Waals surface area contributed by atoms with E-state index in [0.717, 1.165) is 17.8 Å². The van der Waals surface area contributed by atoms with Crippen molar-refractivity contribution in [3.63, 3.8) is 0 Å². The topological polar surface area (TPSA) is 91.3 Å². The lowest BCUT2D eigenvalue weighted by molar-refractivity contribution is -0.139. The highest BCUT2D eigenvalue weighted by Crippen LogP contribution is 2.03. The van der Waals surface area contributed by atoms with Crippen molar-refractivity contribution in [2.45, 2.75) is 38.6 Å². The first-order valence-electron chi connectivity index (χ1n) is 6.29. The van der Waals surface area contributed by atoms with Crippen LogP contribution in [0.25, 0.3) is 0 Å². The number of aromatic nitrogens is 1. The predicted octanol–water partition coefficient (Wildman–Crippen LogP) is 1.63. The fraction of sp³-hybridized carbons (Fsp3) is 0.583. The van der Waals surface area contributed by atoms with Crippen LogP contribution >= 0.6 is 11.3 Å². The van der Waals surface area contributed by atoms with Crippen LogP contribution in [-0.2, 0) is 11.2 Å². The molecule has 0 fully saturated rings. The number of urea groups is 1. The van der Waals surface area contributed by atoms with Crippen LogP contribution < -0.4 is 10.6 Å². The van der Waals surface area contributed by atoms with E-state index in [0.29, 0.717) is 19.4 Å². The third kappa shape index (κ3) is 6.19. The highest BCUT2D eigenvalue weighted by atomic mass is 32.1. The zero-order chi connectivity index (χ0) is 14.1. The molecule has 1 heterocycles. The predicted molar refractivity (Wildman–Crippen MR) is 73.3 cm³/mol. The summed E-state index contributed by atoms with van der Waals surface area (Å²) in [6.45, 7) is 2.42. The first-order valence-corrected chi connectivity index (χ1v) is 7.17. The van der Waals surface area contributed by atoms with Gasteiger partial charge in [0.1, 0.15) is 6.04 Å². The van der Waals surface area contributed by atoms with Gasteiger partial charge in [0.2, 0.25) is 0 Å². The Labute approximate surface area is 116 Å². The fourth-order valence-corrected chi connectivity index (χ4v) is 2.15. The quantitative estimate of drug-likeness (QED) is 0.677. The molecule has 0 aromatic carbocycles. The van der Waals surface area contributed by atoms with Gasteiger partial charge in [0.05, 0.1) is 5.01 Å². The van der Waals surface area contributed by atoms with Gasteiger partial charge in [-0.05, 0) is 6.42 Å². The number of hydrogen-bond donors (Lipinski definition) is 3. The van der Waals surface area contributed by atoms with Gasteiger partial charge >= 0.3 is 12.0 Å². The van der Waals surface area contributed by atoms with E-state index in [1.54, 1.807) is 6.20 Å². The highest BCUT2D eigenvalue weighted by Gasteiger charge is 2.18. The largest absolute Gasteiger partial charge is 0.480 e. The van der Waals surface area contributed by atoms with Gasteiger partial charge in [0.25, 0.3) is 0 Å². The summed E-state index contributed by atoms with van der Waals surface area (Å²) in [5, 5.41) is 16.9. The number of unbranched alkanes of at least 4 members (excludes halogenated alkanes) is 1. The molecule has 1 rings (SSSR count). The van der Waals surface area contributed by atoms with Crippen LogP contribution in [-0.4, -0.2) is 34.7 Å². The van der Waals surface area contributed by atoms with Crippen LogP contribution in [0.15, 0.2) is 11.6 Å². The number of thiazole rings is 1. The van der Waals surface area contributed by atoms with E-state index in [2.05, 4.69) is 15.6 Å². The third-order valence-electron chi connectivity index (χ3n) is 2.56. The maximum Gasteiger partial charge on any atom is 0.326 e.